The van der Waals surface area contributed by atoms with Crippen LogP contribution in [0.2, 0.25) is 0 Å². The van der Waals surface area contributed by atoms with E-state index in [9.17, 15) is 13.2 Å². The Labute approximate surface area is 68.8 Å². The third-order valence-electron chi connectivity index (χ3n) is 2.04. The van der Waals surface area contributed by atoms with Crippen molar-refractivity contribution in [1.82, 2.24) is 5.32 Å². The maximum Gasteiger partial charge on any atom is 0.401 e. The zero-order valence-electron chi connectivity index (χ0n) is 6.56. The Kier molecular flexibility index (Phi) is 2.95. The smallest absolute Gasteiger partial charge is 0.392 e. The summed E-state index contributed by atoms with van der Waals surface area (Å²) < 4.78 is 35.1. The lowest BCUT2D eigenvalue weighted by Gasteiger charge is -2.17. The number of aliphatic hydroxyl groups is 1. The first-order chi connectivity index (χ1) is 5.49. The Bertz CT molecular complexity index is 148. The van der Waals surface area contributed by atoms with Crippen molar-refractivity contribution in [3.05, 3.63) is 0 Å². The fourth-order valence-corrected chi connectivity index (χ4v) is 1.43. The van der Waals surface area contributed by atoms with Gasteiger partial charge in [-0.05, 0) is 19.3 Å². The fourth-order valence-electron chi connectivity index (χ4n) is 1.43. The summed E-state index contributed by atoms with van der Waals surface area (Å²) in [5, 5.41) is 11.5. The van der Waals surface area contributed by atoms with Gasteiger partial charge in [-0.25, -0.2) is 0 Å². The SMILES string of the molecule is OC1CCCC1NCC(F)(F)F. The minimum absolute atomic E-state index is 0.369. The Balaban J connectivity index is 2.23. The van der Waals surface area contributed by atoms with Crippen LogP contribution in [0, 0.1) is 0 Å². The van der Waals surface area contributed by atoms with Gasteiger partial charge in [0, 0.05) is 6.04 Å². The van der Waals surface area contributed by atoms with E-state index < -0.39 is 18.8 Å². The third-order valence-corrected chi connectivity index (χ3v) is 2.04. The van der Waals surface area contributed by atoms with Gasteiger partial charge in [-0.2, -0.15) is 13.2 Å². The molecule has 0 heterocycles. The van der Waals surface area contributed by atoms with Crippen LogP contribution in [0.3, 0.4) is 0 Å². The number of aliphatic hydroxyl groups excluding tert-OH is 1. The van der Waals surface area contributed by atoms with E-state index in [1.54, 1.807) is 0 Å². The van der Waals surface area contributed by atoms with Gasteiger partial charge in [0.05, 0.1) is 12.6 Å². The molecule has 0 radical (unpaired) electrons. The van der Waals surface area contributed by atoms with Crippen LogP contribution in [0.4, 0.5) is 13.2 Å². The molecule has 0 saturated heterocycles. The maximum absolute atomic E-state index is 11.7. The number of hydrogen-bond donors (Lipinski definition) is 2. The van der Waals surface area contributed by atoms with Crippen molar-refractivity contribution in [2.24, 2.45) is 0 Å². The van der Waals surface area contributed by atoms with E-state index in [-0.39, 0.29) is 6.04 Å². The van der Waals surface area contributed by atoms with Gasteiger partial charge in [0.1, 0.15) is 0 Å². The molecule has 1 aliphatic rings. The molecular weight excluding hydrogens is 171 g/mol. The molecule has 72 valence electrons. The van der Waals surface area contributed by atoms with Crippen molar-refractivity contribution in [2.75, 3.05) is 6.54 Å². The summed E-state index contributed by atoms with van der Waals surface area (Å²) in [4.78, 5) is 0. The van der Waals surface area contributed by atoms with Crippen molar-refractivity contribution in [1.29, 1.82) is 0 Å². The second kappa shape index (κ2) is 3.62. The first-order valence-electron chi connectivity index (χ1n) is 3.97. The second-order valence-corrected chi connectivity index (χ2v) is 3.10. The maximum atomic E-state index is 11.7. The number of alkyl halides is 3. The molecule has 12 heavy (non-hydrogen) atoms. The van der Waals surface area contributed by atoms with E-state index >= 15 is 0 Å². The summed E-state index contributed by atoms with van der Waals surface area (Å²) in [5.41, 5.74) is 0. The monoisotopic (exact) mass is 183 g/mol. The highest BCUT2D eigenvalue weighted by atomic mass is 19.4. The highest BCUT2D eigenvalue weighted by molar-refractivity contribution is 4.83. The van der Waals surface area contributed by atoms with Gasteiger partial charge < -0.3 is 10.4 Å². The van der Waals surface area contributed by atoms with Crippen LogP contribution in [-0.2, 0) is 0 Å². The van der Waals surface area contributed by atoms with Crippen molar-refractivity contribution in [2.45, 2.75) is 37.6 Å². The highest BCUT2D eigenvalue weighted by Gasteiger charge is 2.31. The van der Waals surface area contributed by atoms with E-state index in [0.717, 1.165) is 6.42 Å². The molecule has 1 saturated carbocycles. The molecule has 1 aliphatic carbocycles. The molecule has 2 unspecified atom stereocenters. The van der Waals surface area contributed by atoms with Crippen LogP contribution in [0.5, 0.6) is 0 Å². The Hall–Kier alpha value is -0.290. The van der Waals surface area contributed by atoms with Crippen LogP contribution in [0.25, 0.3) is 0 Å². The number of hydrogen-bond acceptors (Lipinski definition) is 2. The van der Waals surface area contributed by atoms with E-state index in [4.69, 9.17) is 5.11 Å². The molecule has 0 amide bonds. The Morgan fingerprint density at radius 1 is 1.33 bits per heavy atom. The van der Waals surface area contributed by atoms with Crippen molar-refractivity contribution in [3.63, 3.8) is 0 Å². The van der Waals surface area contributed by atoms with Crippen LogP contribution in [-0.4, -0.2) is 30.0 Å². The van der Waals surface area contributed by atoms with Crippen LogP contribution in [0.1, 0.15) is 19.3 Å². The molecule has 0 aliphatic heterocycles. The summed E-state index contributed by atoms with van der Waals surface area (Å²) >= 11 is 0. The average Bonchev–Trinajstić information content (AvgIpc) is 2.29. The molecule has 0 bridgehead atoms. The molecular formula is C7H12F3NO. The number of rotatable bonds is 2. The quantitative estimate of drug-likeness (QED) is 0.670. The fraction of sp³-hybridized carbons (Fsp3) is 1.00. The van der Waals surface area contributed by atoms with Crippen LogP contribution in [0.15, 0.2) is 0 Å². The molecule has 0 aromatic heterocycles. The van der Waals surface area contributed by atoms with Gasteiger partial charge in [0.2, 0.25) is 0 Å². The van der Waals surface area contributed by atoms with E-state index in [0.29, 0.717) is 12.8 Å². The molecule has 2 atom stereocenters. The lowest BCUT2D eigenvalue weighted by molar-refractivity contribution is -0.127. The Morgan fingerprint density at radius 3 is 2.42 bits per heavy atom. The predicted molar refractivity (Wildman–Crippen MR) is 37.7 cm³/mol. The minimum Gasteiger partial charge on any atom is -0.392 e. The van der Waals surface area contributed by atoms with Crippen molar-refractivity contribution >= 4 is 0 Å². The first kappa shape index (κ1) is 9.80. The summed E-state index contributed by atoms with van der Waals surface area (Å²) in [6.45, 7) is -1.01. The predicted octanol–water partition coefficient (Wildman–Crippen LogP) is 1.05. The lowest BCUT2D eigenvalue weighted by Crippen LogP contribution is -2.41. The average molecular weight is 183 g/mol. The van der Waals surface area contributed by atoms with Crippen LogP contribution >= 0.6 is 0 Å². The third kappa shape index (κ3) is 2.98. The molecule has 0 spiro atoms. The molecule has 1 rings (SSSR count). The topological polar surface area (TPSA) is 32.3 Å². The van der Waals surface area contributed by atoms with Crippen molar-refractivity contribution in [3.8, 4) is 0 Å². The molecule has 0 aromatic rings. The van der Waals surface area contributed by atoms with Gasteiger partial charge in [-0.1, -0.05) is 0 Å². The van der Waals surface area contributed by atoms with Gasteiger partial charge in [-0.3, -0.25) is 0 Å². The highest BCUT2D eigenvalue weighted by Crippen LogP contribution is 2.20. The van der Waals surface area contributed by atoms with Crippen molar-refractivity contribution < 1.29 is 18.3 Å². The van der Waals surface area contributed by atoms with Gasteiger partial charge in [-0.15, -0.1) is 0 Å². The molecule has 2 N–H and O–H groups in total. The zero-order chi connectivity index (χ0) is 9.19. The van der Waals surface area contributed by atoms with Gasteiger partial charge >= 0.3 is 6.18 Å². The molecule has 1 fully saturated rings. The first-order valence-corrected chi connectivity index (χ1v) is 3.97. The summed E-state index contributed by atoms with van der Waals surface area (Å²) in [5.74, 6) is 0. The molecule has 2 nitrogen and oxygen atoms in total. The number of nitrogens with one attached hydrogen (secondary N) is 1. The largest absolute Gasteiger partial charge is 0.401 e. The van der Waals surface area contributed by atoms with E-state index in [1.807, 2.05) is 0 Å². The Morgan fingerprint density at radius 2 is 2.00 bits per heavy atom. The standard InChI is InChI=1S/C7H12F3NO/c8-7(9,10)4-11-5-2-1-3-6(5)12/h5-6,11-12H,1-4H2. The van der Waals surface area contributed by atoms with E-state index in [1.165, 1.54) is 0 Å². The minimum atomic E-state index is -4.18. The summed E-state index contributed by atoms with van der Waals surface area (Å²) in [6, 6.07) is -0.369. The number of halogens is 3. The summed E-state index contributed by atoms with van der Waals surface area (Å²) in [7, 11) is 0. The van der Waals surface area contributed by atoms with Gasteiger partial charge in [0.25, 0.3) is 0 Å². The summed E-state index contributed by atoms with van der Waals surface area (Å²) in [6.07, 6.45) is -2.74. The molecule has 5 heteroatoms. The van der Waals surface area contributed by atoms with Crippen LogP contribution < -0.4 is 5.32 Å². The normalized spacial score (nSPS) is 31.0. The van der Waals surface area contributed by atoms with E-state index in [2.05, 4.69) is 5.32 Å². The lowest BCUT2D eigenvalue weighted by atomic mass is 10.2. The second-order valence-electron chi connectivity index (χ2n) is 3.10. The zero-order valence-corrected chi connectivity index (χ0v) is 6.56. The van der Waals surface area contributed by atoms with Gasteiger partial charge in [0.15, 0.2) is 0 Å². The molecule has 0 aromatic carbocycles.